The van der Waals surface area contributed by atoms with E-state index in [2.05, 4.69) is 20.9 Å². The molecule has 1 saturated heterocycles. The molecule has 0 atom stereocenters. The molecule has 0 bridgehead atoms. The van der Waals surface area contributed by atoms with Gasteiger partial charge in [0.25, 0.3) is 0 Å². The predicted octanol–water partition coefficient (Wildman–Crippen LogP) is 0.380. The van der Waals surface area contributed by atoms with E-state index in [-0.39, 0.29) is 50.3 Å². The number of amides is 1. The average molecular weight is 401 g/mol. The summed E-state index contributed by atoms with van der Waals surface area (Å²) in [7, 11) is -3.74. The van der Waals surface area contributed by atoms with Crippen LogP contribution in [0.4, 0.5) is 13.2 Å². The molecule has 0 aliphatic carbocycles. The van der Waals surface area contributed by atoms with Crippen molar-refractivity contribution in [3.63, 3.8) is 0 Å². The topological polar surface area (TPSA) is 103 Å². The number of rotatable bonds is 6. The summed E-state index contributed by atoms with van der Waals surface area (Å²) in [6, 6.07) is -0.150. The molecule has 0 aromatic carbocycles. The van der Waals surface area contributed by atoms with E-state index in [4.69, 9.17) is 0 Å². The van der Waals surface area contributed by atoms with Crippen molar-refractivity contribution in [1.82, 2.24) is 20.3 Å². The maximum Gasteiger partial charge on any atom is 0.511 e. The fourth-order valence-electron chi connectivity index (χ4n) is 2.46. The number of piperidine rings is 1. The van der Waals surface area contributed by atoms with Crippen LogP contribution in [-0.2, 0) is 14.8 Å². The van der Waals surface area contributed by atoms with E-state index in [0.29, 0.717) is 16.8 Å². The first-order valence-corrected chi connectivity index (χ1v) is 9.74. The largest absolute Gasteiger partial charge is 0.511 e. The first-order valence-electron chi connectivity index (χ1n) is 8.30. The minimum Gasteiger partial charge on any atom is -0.356 e. The van der Waals surface area contributed by atoms with E-state index in [0.717, 1.165) is 0 Å². The normalized spacial score (nSPS) is 18.0. The highest BCUT2D eigenvalue weighted by atomic mass is 32.2. The van der Waals surface area contributed by atoms with E-state index in [1.807, 2.05) is 13.8 Å². The summed E-state index contributed by atoms with van der Waals surface area (Å²) in [4.78, 5) is 15.6. The molecule has 1 aliphatic rings. The zero-order chi connectivity index (χ0) is 20.0. The summed E-state index contributed by atoms with van der Waals surface area (Å²) in [6.45, 7) is 3.63. The van der Waals surface area contributed by atoms with E-state index < -0.39 is 15.5 Å². The molecule has 1 amide bonds. The lowest BCUT2D eigenvalue weighted by atomic mass is 10.1. The molecule has 152 valence electrons. The summed E-state index contributed by atoms with van der Waals surface area (Å²) in [5.41, 5.74) is -5.28. The number of aliphatic imine (C=N–C) groups is 1. The van der Waals surface area contributed by atoms with Crippen molar-refractivity contribution < 1.29 is 26.4 Å². The van der Waals surface area contributed by atoms with Gasteiger partial charge in [0.1, 0.15) is 0 Å². The second-order valence-corrected chi connectivity index (χ2v) is 8.17. The highest BCUT2D eigenvalue weighted by molar-refractivity contribution is 7.90. The summed E-state index contributed by atoms with van der Waals surface area (Å²) in [5, 5.41) is 8.74. The van der Waals surface area contributed by atoms with E-state index >= 15 is 0 Å². The minimum absolute atomic E-state index is 0.0538. The van der Waals surface area contributed by atoms with Crippen LogP contribution in [0.3, 0.4) is 0 Å². The molecule has 12 heteroatoms. The average Bonchev–Trinajstić information content (AvgIpc) is 2.52. The molecule has 1 heterocycles. The summed E-state index contributed by atoms with van der Waals surface area (Å²) >= 11 is 0. The third kappa shape index (κ3) is 6.63. The summed E-state index contributed by atoms with van der Waals surface area (Å²) in [5.74, 6) is 0.313. The Morgan fingerprint density at radius 2 is 1.85 bits per heavy atom. The van der Waals surface area contributed by atoms with Crippen LogP contribution in [-0.4, -0.2) is 68.9 Å². The number of sulfonamides is 1. The molecule has 1 fully saturated rings. The van der Waals surface area contributed by atoms with Crippen molar-refractivity contribution >= 4 is 21.9 Å². The second kappa shape index (κ2) is 9.40. The molecular formula is C14H26F3N5O3S. The van der Waals surface area contributed by atoms with Gasteiger partial charge in [0.05, 0.1) is 0 Å². The Hall–Kier alpha value is -1.56. The minimum atomic E-state index is -5.28. The molecule has 0 spiro atoms. The number of alkyl halides is 3. The van der Waals surface area contributed by atoms with Crippen LogP contribution in [0.5, 0.6) is 0 Å². The standard InChI is InChI=1S/C14H26F3N5O3S/c1-10(2)20-12(23)4-7-19-13(18-3)21-11-5-8-22(9-6-11)26(24,25)14(15,16)17/h10-11H,4-9H2,1-3H3,(H,20,23)(H2,18,19,21). The Morgan fingerprint density at radius 1 is 1.27 bits per heavy atom. The highest BCUT2D eigenvalue weighted by Gasteiger charge is 2.50. The van der Waals surface area contributed by atoms with Crippen LogP contribution >= 0.6 is 0 Å². The van der Waals surface area contributed by atoms with Crippen LogP contribution < -0.4 is 16.0 Å². The number of nitrogens with one attached hydrogen (secondary N) is 3. The lowest BCUT2D eigenvalue weighted by Gasteiger charge is -2.32. The SMILES string of the molecule is CN=C(NCCC(=O)NC(C)C)NC1CCN(S(=O)(=O)C(F)(F)F)CC1. The molecule has 0 aromatic rings. The summed E-state index contributed by atoms with van der Waals surface area (Å²) < 4.78 is 60.9. The highest BCUT2D eigenvalue weighted by Crippen LogP contribution is 2.28. The van der Waals surface area contributed by atoms with Crippen LogP contribution in [0.1, 0.15) is 33.1 Å². The monoisotopic (exact) mass is 401 g/mol. The first-order chi connectivity index (χ1) is 12.0. The van der Waals surface area contributed by atoms with Crippen molar-refractivity contribution in [3.8, 4) is 0 Å². The van der Waals surface area contributed by atoms with Gasteiger partial charge >= 0.3 is 15.5 Å². The van der Waals surface area contributed by atoms with Crippen LogP contribution in [0.15, 0.2) is 4.99 Å². The van der Waals surface area contributed by atoms with Crippen LogP contribution in [0, 0.1) is 0 Å². The first kappa shape index (κ1) is 22.5. The van der Waals surface area contributed by atoms with Crippen molar-refractivity contribution in [2.75, 3.05) is 26.7 Å². The maximum absolute atomic E-state index is 12.6. The Kier molecular flexibility index (Phi) is 8.13. The Balaban J connectivity index is 2.42. The molecule has 1 rings (SSSR count). The number of hydrogen-bond donors (Lipinski definition) is 3. The van der Waals surface area contributed by atoms with Gasteiger partial charge in [0.15, 0.2) is 5.96 Å². The fraction of sp³-hybridized carbons (Fsp3) is 0.857. The van der Waals surface area contributed by atoms with Gasteiger partial charge in [-0.25, -0.2) is 8.42 Å². The zero-order valence-electron chi connectivity index (χ0n) is 15.1. The van der Waals surface area contributed by atoms with Crippen molar-refractivity contribution in [2.24, 2.45) is 4.99 Å². The fourth-order valence-corrected chi connectivity index (χ4v) is 3.45. The Bertz CT molecular complexity index is 599. The lowest BCUT2D eigenvalue weighted by Crippen LogP contribution is -2.51. The van der Waals surface area contributed by atoms with Gasteiger partial charge in [0, 0.05) is 45.2 Å². The maximum atomic E-state index is 12.6. The quantitative estimate of drug-likeness (QED) is 0.441. The van der Waals surface area contributed by atoms with E-state index in [1.165, 1.54) is 7.05 Å². The number of hydrogen-bond acceptors (Lipinski definition) is 4. The molecule has 3 N–H and O–H groups in total. The van der Waals surface area contributed by atoms with Gasteiger partial charge < -0.3 is 16.0 Å². The number of halogens is 3. The molecular weight excluding hydrogens is 375 g/mol. The van der Waals surface area contributed by atoms with Gasteiger partial charge in [-0.3, -0.25) is 9.79 Å². The summed E-state index contributed by atoms with van der Waals surface area (Å²) in [6.07, 6.45) is 0.703. The van der Waals surface area contributed by atoms with Crippen LogP contribution in [0.2, 0.25) is 0 Å². The van der Waals surface area contributed by atoms with Crippen molar-refractivity contribution in [2.45, 2.75) is 50.7 Å². The predicted molar refractivity (Wildman–Crippen MR) is 92.0 cm³/mol. The molecule has 26 heavy (non-hydrogen) atoms. The molecule has 0 saturated carbocycles. The molecule has 8 nitrogen and oxygen atoms in total. The van der Waals surface area contributed by atoms with Gasteiger partial charge in [0.2, 0.25) is 5.91 Å². The van der Waals surface area contributed by atoms with Gasteiger partial charge in [-0.05, 0) is 26.7 Å². The van der Waals surface area contributed by atoms with E-state index in [1.54, 1.807) is 0 Å². The molecule has 0 radical (unpaired) electrons. The van der Waals surface area contributed by atoms with Crippen LogP contribution in [0.25, 0.3) is 0 Å². The number of nitrogens with zero attached hydrogens (tertiary/aromatic N) is 2. The van der Waals surface area contributed by atoms with Gasteiger partial charge in [-0.1, -0.05) is 0 Å². The number of carbonyl (C=O) groups is 1. The van der Waals surface area contributed by atoms with Gasteiger partial charge in [-0.2, -0.15) is 17.5 Å². The number of guanidine groups is 1. The van der Waals surface area contributed by atoms with Crippen molar-refractivity contribution in [1.29, 1.82) is 0 Å². The molecule has 1 aliphatic heterocycles. The van der Waals surface area contributed by atoms with Gasteiger partial charge in [-0.15, -0.1) is 0 Å². The smallest absolute Gasteiger partial charge is 0.356 e. The third-order valence-electron chi connectivity index (χ3n) is 3.74. The van der Waals surface area contributed by atoms with Crippen molar-refractivity contribution in [3.05, 3.63) is 0 Å². The lowest BCUT2D eigenvalue weighted by molar-refractivity contribution is -0.121. The third-order valence-corrected chi connectivity index (χ3v) is 5.37. The van der Waals surface area contributed by atoms with E-state index in [9.17, 15) is 26.4 Å². The number of carbonyl (C=O) groups excluding carboxylic acids is 1. The molecule has 0 unspecified atom stereocenters. The Morgan fingerprint density at radius 3 is 2.31 bits per heavy atom. The second-order valence-electron chi connectivity index (χ2n) is 6.24. The molecule has 0 aromatic heterocycles. The zero-order valence-corrected chi connectivity index (χ0v) is 15.9. The Labute approximate surface area is 151 Å².